The number of ether oxygens (including phenoxy) is 1. The second-order valence-electron chi connectivity index (χ2n) is 7.57. The highest BCUT2D eigenvalue weighted by Crippen LogP contribution is 2.35. The SMILES string of the molecule is Cc1cc2c(cc1S(=O)(=O)N1CCN(C(=O)c3cccc(Cl)c3)CC1)OC(C)C(=O)N2. The summed E-state index contributed by atoms with van der Waals surface area (Å²) in [6, 6.07) is 9.75. The van der Waals surface area contributed by atoms with E-state index in [2.05, 4.69) is 5.32 Å². The van der Waals surface area contributed by atoms with Gasteiger partial charge in [-0.3, -0.25) is 9.59 Å². The van der Waals surface area contributed by atoms with E-state index in [4.69, 9.17) is 16.3 Å². The monoisotopic (exact) mass is 463 g/mol. The lowest BCUT2D eigenvalue weighted by molar-refractivity contribution is -0.122. The predicted molar refractivity (Wildman–Crippen MR) is 116 cm³/mol. The number of carbonyl (C=O) groups is 2. The van der Waals surface area contributed by atoms with Crippen LogP contribution in [0.25, 0.3) is 0 Å². The Balaban J connectivity index is 1.51. The van der Waals surface area contributed by atoms with Crippen molar-refractivity contribution in [2.75, 3.05) is 31.5 Å². The Labute approximate surface area is 185 Å². The van der Waals surface area contributed by atoms with Gasteiger partial charge in [-0.1, -0.05) is 17.7 Å². The van der Waals surface area contributed by atoms with Crippen molar-refractivity contribution in [2.24, 2.45) is 0 Å². The molecule has 31 heavy (non-hydrogen) atoms. The highest BCUT2D eigenvalue weighted by molar-refractivity contribution is 7.89. The van der Waals surface area contributed by atoms with Crippen LogP contribution >= 0.6 is 11.6 Å². The van der Waals surface area contributed by atoms with Crippen LogP contribution in [-0.2, 0) is 14.8 Å². The molecular weight excluding hydrogens is 442 g/mol. The fourth-order valence-corrected chi connectivity index (χ4v) is 5.53. The number of carbonyl (C=O) groups excluding carboxylic acids is 2. The second kappa shape index (κ2) is 8.14. The van der Waals surface area contributed by atoms with Gasteiger partial charge in [-0.15, -0.1) is 0 Å². The van der Waals surface area contributed by atoms with Crippen LogP contribution in [-0.4, -0.2) is 61.7 Å². The topological polar surface area (TPSA) is 96.0 Å². The minimum absolute atomic E-state index is 0.129. The standard InChI is InChI=1S/C21H22ClN3O5S/c1-13-10-17-18(30-14(2)20(26)23-17)12-19(13)31(28,29)25-8-6-24(7-9-25)21(27)15-4-3-5-16(22)11-15/h3-5,10-12,14H,6-9H2,1-2H3,(H,23,26). The van der Waals surface area contributed by atoms with Crippen molar-refractivity contribution in [2.45, 2.75) is 24.8 Å². The molecule has 0 spiro atoms. The van der Waals surface area contributed by atoms with Gasteiger partial charge in [0.25, 0.3) is 11.8 Å². The van der Waals surface area contributed by atoms with Crippen molar-refractivity contribution < 1.29 is 22.7 Å². The van der Waals surface area contributed by atoms with Crippen LogP contribution in [0.5, 0.6) is 5.75 Å². The number of nitrogens with zero attached hydrogens (tertiary/aromatic N) is 2. The third kappa shape index (κ3) is 4.13. The molecule has 1 N–H and O–H groups in total. The molecule has 1 atom stereocenters. The predicted octanol–water partition coefficient (Wildman–Crippen LogP) is 2.51. The Hall–Kier alpha value is -2.62. The van der Waals surface area contributed by atoms with Crippen LogP contribution in [0, 0.1) is 6.92 Å². The largest absolute Gasteiger partial charge is 0.479 e. The number of nitrogens with one attached hydrogen (secondary N) is 1. The van der Waals surface area contributed by atoms with E-state index in [1.807, 2.05) is 0 Å². The molecule has 1 unspecified atom stereocenters. The molecule has 8 nitrogen and oxygen atoms in total. The third-order valence-corrected chi connectivity index (χ3v) is 7.70. The molecule has 0 aliphatic carbocycles. The zero-order valence-electron chi connectivity index (χ0n) is 17.1. The van der Waals surface area contributed by atoms with Gasteiger partial charge in [0, 0.05) is 42.8 Å². The van der Waals surface area contributed by atoms with Crippen LogP contribution in [0.4, 0.5) is 5.69 Å². The Morgan fingerprint density at radius 3 is 2.55 bits per heavy atom. The maximum Gasteiger partial charge on any atom is 0.265 e. The number of benzene rings is 2. The molecule has 0 radical (unpaired) electrons. The van der Waals surface area contributed by atoms with Crippen LogP contribution in [0.1, 0.15) is 22.8 Å². The van der Waals surface area contributed by atoms with E-state index in [0.29, 0.717) is 27.6 Å². The van der Waals surface area contributed by atoms with Crippen molar-refractivity contribution in [3.63, 3.8) is 0 Å². The average Bonchev–Trinajstić information content (AvgIpc) is 2.74. The summed E-state index contributed by atoms with van der Waals surface area (Å²) in [5, 5.41) is 3.20. The highest BCUT2D eigenvalue weighted by Gasteiger charge is 2.33. The molecule has 0 saturated carbocycles. The number of hydrogen-bond donors (Lipinski definition) is 1. The molecular formula is C21H22ClN3O5S. The second-order valence-corrected chi connectivity index (χ2v) is 9.91. The molecule has 4 rings (SSSR count). The average molecular weight is 464 g/mol. The quantitative estimate of drug-likeness (QED) is 0.754. The zero-order valence-corrected chi connectivity index (χ0v) is 18.7. The van der Waals surface area contributed by atoms with Crippen molar-refractivity contribution in [3.8, 4) is 5.75 Å². The number of sulfonamides is 1. The van der Waals surface area contributed by atoms with Gasteiger partial charge in [0.15, 0.2) is 6.10 Å². The van der Waals surface area contributed by atoms with Gasteiger partial charge >= 0.3 is 0 Å². The maximum absolute atomic E-state index is 13.3. The molecule has 2 aliphatic rings. The first-order valence-electron chi connectivity index (χ1n) is 9.84. The molecule has 2 amide bonds. The molecule has 1 fully saturated rings. The van der Waals surface area contributed by atoms with Crippen molar-refractivity contribution in [1.82, 2.24) is 9.21 Å². The number of anilines is 1. The first-order valence-corrected chi connectivity index (χ1v) is 11.7. The molecule has 2 heterocycles. The Morgan fingerprint density at radius 2 is 1.87 bits per heavy atom. The van der Waals surface area contributed by atoms with Gasteiger partial charge in [0.05, 0.1) is 10.6 Å². The Kier molecular flexibility index (Phi) is 5.67. The first kappa shape index (κ1) is 21.6. The summed E-state index contributed by atoms with van der Waals surface area (Å²) < 4.78 is 33.5. The van der Waals surface area contributed by atoms with E-state index < -0.39 is 16.1 Å². The van der Waals surface area contributed by atoms with E-state index in [9.17, 15) is 18.0 Å². The number of piperazine rings is 1. The number of amides is 2. The molecule has 164 valence electrons. The van der Waals surface area contributed by atoms with Gasteiger partial charge in [-0.2, -0.15) is 4.31 Å². The summed E-state index contributed by atoms with van der Waals surface area (Å²) in [5.74, 6) is -0.128. The van der Waals surface area contributed by atoms with Gasteiger partial charge < -0.3 is 15.0 Å². The van der Waals surface area contributed by atoms with Crippen LogP contribution < -0.4 is 10.1 Å². The molecule has 1 saturated heterocycles. The fraction of sp³-hybridized carbons (Fsp3) is 0.333. The summed E-state index contributed by atoms with van der Waals surface area (Å²) >= 11 is 5.97. The van der Waals surface area contributed by atoms with Crippen molar-refractivity contribution >= 4 is 39.1 Å². The molecule has 10 heteroatoms. The van der Waals surface area contributed by atoms with E-state index >= 15 is 0 Å². The van der Waals surface area contributed by atoms with Gasteiger partial charge in [-0.05, 0) is 43.7 Å². The number of hydrogen-bond acceptors (Lipinski definition) is 5. The minimum atomic E-state index is -3.80. The fourth-order valence-electron chi connectivity index (χ4n) is 3.70. The van der Waals surface area contributed by atoms with Crippen LogP contribution in [0.3, 0.4) is 0 Å². The van der Waals surface area contributed by atoms with E-state index in [1.54, 1.807) is 49.1 Å². The van der Waals surface area contributed by atoms with Gasteiger partial charge in [-0.25, -0.2) is 8.42 Å². The summed E-state index contributed by atoms with van der Waals surface area (Å²) in [5.41, 5.74) is 1.44. The number of rotatable bonds is 3. The van der Waals surface area contributed by atoms with Crippen LogP contribution in [0.15, 0.2) is 41.3 Å². The summed E-state index contributed by atoms with van der Waals surface area (Å²) in [6.07, 6.45) is -0.702. The minimum Gasteiger partial charge on any atom is -0.479 e. The summed E-state index contributed by atoms with van der Waals surface area (Å²) in [4.78, 5) is 26.3. The molecule has 2 aliphatic heterocycles. The van der Waals surface area contributed by atoms with Crippen LogP contribution in [0.2, 0.25) is 5.02 Å². The molecule has 0 aromatic heterocycles. The van der Waals surface area contributed by atoms with E-state index in [1.165, 1.54) is 10.4 Å². The van der Waals surface area contributed by atoms with E-state index in [0.717, 1.165) is 0 Å². The lowest BCUT2D eigenvalue weighted by Crippen LogP contribution is -2.50. The molecule has 2 aromatic rings. The zero-order chi connectivity index (χ0) is 22.3. The molecule has 2 aromatic carbocycles. The van der Waals surface area contributed by atoms with Crippen molar-refractivity contribution in [3.05, 3.63) is 52.5 Å². The first-order chi connectivity index (χ1) is 14.7. The lowest BCUT2D eigenvalue weighted by atomic mass is 10.1. The number of aryl methyl sites for hydroxylation is 1. The normalized spacial score (nSPS) is 19.4. The van der Waals surface area contributed by atoms with Crippen molar-refractivity contribution in [1.29, 1.82) is 0 Å². The summed E-state index contributed by atoms with van der Waals surface area (Å²) in [6.45, 7) is 4.19. The maximum atomic E-state index is 13.3. The Bertz CT molecular complexity index is 1160. The van der Waals surface area contributed by atoms with E-state index in [-0.39, 0.29) is 42.9 Å². The van der Waals surface area contributed by atoms with Gasteiger partial charge in [0.2, 0.25) is 10.0 Å². The smallest absolute Gasteiger partial charge is 0.265 e. The Morgan fingerprint density at radius 1 is 1.16 bits per heavy atom. The number of fused-ring (bicyclic) bond motifs is 1. The number of halogens is 1. The summed E-state index contributed by atoms with van der Waals surface area (Å²) in [7, 11) is -3.80. The highest BCUT2D eigenvalue weighted by atomic mass is 35.5. The van der Waals surface area contributed by atoms with Gasteiger partial charge in [0.1, 0.15) is 5.75 Å². The lowest BCUT2D eigenvalue weighted by Gasteiger charge is -2.34. The molecule has 0 bridgehead atoms. The third-order valence-electron chi connectivity index (χ3n) is 5.42.